The molecule has 9 heteroatoms. The number of carbonyl (C=O) groups is 2. The summed E-state index contributed by atoms with van der Waals surface area (Å²) in [5.41, 5.74) is 1.71. The zero-order valence-electron chi connectivity index (χ0n) is 16.2. The number of ether oxygens (including phenoxy) is 1. The van der Waals surface area contributed by atoms with E-state index >= 15 is 0 Å². The number of rotatable bonds is 3. The number of anilines is 1. The predicted molar refractivity (Wildman–Crippen MR) is 101 cm³/mol. The molecule has 2 aliphatic rings. The topological polar surface area (TPSA) is 63.0 Å². The summed E-state index contributed by atoms with van der Waals surface area (Å²) >= 11 is 0. The van der Waals surface area contributed by atoms with E-state index in [2.05, 4.69) is 4.74 Å². The third-order valence-corrected chi connectivity index (χ3v) is 5.50. The lowest BCUT2D eigenvalue weighted by Gasteiger charge is -2.37. The van der Waals surface area contributed by atoms with Gasteiger partial charge in [-0.3, -0.25) is 9.59 Å². The lowest BCUT2D eigenvalue weighted by atomic mass is 9.93. The molecule has 4 rings (SSSR count). The quantitative estimate of drug-likeness (QED) is 0.750. The van der Waals surface area contributed by atoms with Gasteiger partial charge in [-0.15, -0.1) is 13.2 Å². The van der Waals surface area contributed by atoms with Crippen molar-refractivity contribution >= 4 is 17.5 Å². The van der Waals surface area contributed by atoms with Crippen molar-refractivity contribution in [3.8, 4) is 5.75 Å². The molecule has 1 fully saturated rings. The van der Waals surface area contributed by atoms with E-state index in [1.165, 1.54) is 30.7 Å². The van der Waals surface area contributed by atoms with Gasteiger partial charge in [-0.05, 0) is 55.5 Å². The molecule has 0 aliphatic carbocycles. The number of aryl methyl sites for hydroxylation is 1. The van der Waals surface area contributed by atoms with Crippen molar-refractivity contribution in [3.63, 3.8) is 0 Å². The van der Waals surface area contributed by atoms with Crippen molar-refractivity contribution in [2.75, 3.05) is 24.5 Å². The summed E-state index contributed by atoms with van der Waals surface area (Å²) in [6.45, 7) is 1.38. The Balaban J connectivity index is 1.49. The fraction of sp³-hybridized carbons (Fsp3) is 0.429. The summed E-state index contributed by atoms with van der Waals surface area (Å²) in [6.07, 6.45) is 0.651. The summed E-state index contributed by atoms with van der Waals surface area (Å²) in [5.74, 6) is -0.920. The molecule has 0 radical (unpaired) electrons. The number of hydrogen-bond donors (Lipinski definition) is 0. The highest BCUT2D eigenvalue weighted by Gasteiger charge is 2.35. The number of amides is 2. The van der Waals surface area contributed by atoms with Crippen LogP contribution in [0.2, 0.25) is 0 Å². The molecule has 0 N–H and O–H groups in total. The number of hydrogen-bond acceptors (Lipinski definition) is 4. The zero-order chi connectivity index (χ0) is 21.3. The van der Waals surface area contributed by atoms with Gasteiger partial charge in [0.1, 0.15) is 12.0 Å². The Bertz CT molecular complexity index is 927. The maximum atomic E-state index is 13.2. The molecule has 2 amide bonds. The van der Waals surface area contributed by atoms with Crippen molar-refractivity contribution in [1.29, 1.82) is 0 Å². The van der Waals surface area contributed by atoms with Crippen LogP contribution in [-0.4, -0.2) is 42.7 Å². The molecular formula is C21H21F3N2O4. The second kappa shape index (κ2) is 8.04. The molecule has 1 atom stereocenters. The average Bonchev–Trinajstić information content (AvgIpc) is 3.26. The van der Waals surface area contributed by atoms with E-state index in [-0.39, 0.29) is 23.5 Å². The Morgan fingerprint density at radius 2 is 1.97 bits per heavy atom. The Morgan fingerprint density at radius 3 is 2.70 bits per heavy atom. The highest BCUT2D eigenvalue weighted by molar-refractivity contribution is 5.98. The maximum absolute atomic E-state index is 13.2. The average molecular weight is 422 g/mol. The molecule has 0 spiro atoms. The van der Waals surface area contributed by atoms with Gasteiger partial charge >= 0.3 is 6.36 Å². The number of furan rings is 1. The maximum Gasteiger partial charge on any atom is 0.573 e. The smallest absolute Gasteiger partial charge is 0.472 e. The molecule has 2 aliphatic heterocycles. The highest BCUT2D eigenvalue weighted by atomic mass is 19.4. The second-order valence-corrected chi connectivity index (χ2v) is 7.53. The van der Waals surface area contributed by atoms with Gasteiger partial charge in [-0.25, -0.2) is 0 Å². The number of nitrogens with zero attached hydrogens (tertiary/aromatic N) is 2. The van der Waals surface area contributed by atoms with Crippen LogP contribution in [0.25, 0.3) is 0 Å². The third-order valence-electron chi connectivity index (χ3n) is 5.50. The normalized spacial score (nSPS) is 19.4. The number of benzene rings is 1. The van der Waals surface area contributed by atoms with Gasteiger partial charge in [0.05, 0.1) is 17.7 Å². The molecular weight excluding hydrogens is 401 g/mol. The number of alkyl halides is 3. The van der Waals surface area contributed by atoms with Gasteiger partial charge in [0, 0.05) is 25.3 Å². The van der Waals surface area contributed by atoms with E-state index in [0.717, 1.165) is 0 Å². The van der Waals surface area contributed by atoms with Crippen LogP contribution < -0.4 is 9.64 Å². The Kier molecular flexibility index (Phi) is 5.44. The van der Waals surface area contributed by atoms with Crippen LogP contribution in [0.4, 0.5) is 18.9 Å². The van der Waals surface area contributed by atoms with Gasteiger partial charge < -0.3 is 19.0 Å². The summed E-state index contributed by atoms with van der Waals surface area (Å²) in [7, 11) is 0. The molecule has 2 aromatic rings. The molecule has 1 aromatic carbocycles. The van der Waals surface area contributed by atoms with E-state index < -0.39 is 6.36 Å². The van der Waals surface area contributed by atoms with E-state index in [1.54, 1.807) is 15.9 Å². The van der Waals surface area contributed by atoms with Crippen LogP contribution in [0.1, 0.15) is 35.2 Å². The van der Waals surface area contributed by atoms with Crippen LogP contribution in [0.15, 0.2) is 41.2 Å². The molecule has 6 nitrogen and oxygen atoms in total. The van der Waals surface area contributed by atoms with Crippen LogP contribution in [-0.2, 0) is 11.2 Å². The van der Waals surface area contributed by atoms with E-state index in [1.807, 2.05) is 0 Å². The summed E-state index contributed by atoms with van der Waals surface area (Å²) < 4.78 is 46.5. The SMILES string of the molecule is O=C(c1ccoc1)N1CCC[C@H](C(=O)N2CCCc3cc(OC(F)(F)F)ccc32)C1. The molecule has 30 heavy (non-hydrogen) atoms. The van der Waals surface area contributed by atoms with E-state index in [4.69, 9.17) is 4.42 Å². The van der Waals surface area contributed by atoms with Crippen molar-refractivity contribution in [1.82, 2.24) is 4.90 Å². The third kappa shape index (κ3) is 4.29. The van der Waals surface area contributed by atoms with Gasteiger partial charge in [-0.2, -0.15) is 0 Å². The van der Waals surface area contributed by atoms with Gasteiger partial charge in [0.2, 0.25) is 5.91 Å². The predicted octanol–water partition coefficient (Wildman–Crippen LogP) is 4.01. The molecule has 3 heterocycles. The lowest BCUT2D eigenvalue weighted by molar-refractivity contribution is -0.274. The fourth-order valence-electron chi connectivity index (χ4n) is 4.15. The summed E-state index contributed by atoms with van der Waals surface area (Å²) in [6, 6.07) is 5.67. The monoisotopic (exact) mass is 422 g/mol. The van der Waals surface area contributed by atoms with E-state index in [9.17, 15) is 22.8 Å². The van der Waals surface area contributed by atoms with Crippen LogP contribution in [0.3, 0.4) is 0 Å². The number of fused-ring (bicyclic) bond motifs is 1. The fourth-order valence-corrected chi connectivity index (χ4v) is 4.15. The number of likely N-dealkylation sites (tertiary alicyclic amines) is 1. The standard InChI is InChI=1S/C21H21F3N2O4/c22-21(23,24)30-17-5-6-18-14(11-17)3-2-9-26(18)20(28)15-4-1-8-25(12-15)19(27)16-7-10-29-13-16/h5-7,10-11,13,15H,1-4,8-9,12H2/t15-/m0/s1. The first-order chi connectivity index (χ1) is 14.3. The molecule has 1 aromatic heterocycles. The minimum Gasteiger partial charge on any atom is -0.472 e. The largest absolute Gasteiger partial charge is 0.573 e. The first-order valence-electron chi connectivity index (χ1n) is 9.83. The summed E-state index contributed by atoms with van der Waals surface area (Å²) in [5, 5.41) is 0. The van der Waals surface area contributed by atoms with Gasteiger partial charge in [0.25, 0.3) is 5.91 Å². The molecule has 160 valence electrons. The minimum absolute atomic E-state index is 0.106. The Labute approximate surface area is 171 Å². The first-order valence-corrected chi connectivity index (χ1v) is 9.83. The van der Waals surface area contributed by atoms with Crippen LogP contribution >= 0.6 is 0 Å². The first kappa shape index (κ1) is 20.3. The molecule has 0 bridgehead atoms. The van der Waals surface area contributed by atoms with Crippen LogP contribution in [0, 0.1) is 5.92 Å². The number of halogens is 3. The highest BCUT2D eigenvalue weighted by Crippen LogP contribution is 2.34. The van der Waals surface area contributed by atoms with E-state index in [0.29, 0.717) is 62.1 Å². The van der Waals surface area contributed by atoms with Crippen molar-refractivity contribution in [2.24, 2.45) is 5.92 Å². The second-order valence-electron chi connectivity index (χ2n) is 7.53. The Hall–Kier alpha value is -2.97. The minimum atomic E-state index is -4.76. The number of piperidine rings is 1. The number of carbonyl (C=O) groups excluding carboxylic acids is 2. The lowest BCUT2D eigenvalue weighted by Crippen LogP contribution is -2.48. The zero-order valence-corrected chi connectivity index (χ0v) is 16.2. The van der Waals surface area contributed by atoms with Crippen molar-refractivity contribution in [3.05, 3.63) is 47.9 Å². The van der Waals surface area contributed by atoms with Crippen LogP contribution in [0.5, 0.6) is 5.75 Å². The molecule has 1 saturated heterocycles. The van der Waals surface area contributed by atoms with Gasteiger partial charge in [0.15, 0.2) is 0 Å². The van der Waals surface area contributed by atoms with Gasteiger partial charge in [-0.1, -0.05) is 0 Å². The Morgan fingerprint density at radius 1 is 1.13 bits per heavy atom. The van der Waals surface area contributed by atoms with Crippen molar-refractivity contribution in [2.45, 2.75) is 32.0 Å². The summed E-state index contributed by atoms with van der Waals surface area (Å²) in [4.78, 5) is 29.1. The van der Waals surface area contributed by atoms with Crippen molar-refractivity contribution < 1.29 is 31.9 Å². The molecule has 0 unspecified atom stereocenters. The molecule has 0 saturated carbocycles.